The summed E-state index contributed by atoms with van der Waals surface area (Å²) in [5, 5.41) is 2.54. The van der Waals surface area contributed by atoms with E-state index in [0.717, 1.165) is 34.4 Å². The molecule has 0 spiro atoms. The number of carbonyl (C=O) groups is 1. The van der Waals surface area contributed by atoms with Gasteiger partial charge in [-0.3, -0.25) is 4.90 Å². The van der Waals surface area contributed by atoms with Crippen LogP contribution in [-0.2, 0) is 4.74 Å². The van der Waals surface area contributed by atoms with Crippen molar-refractivity contribution in [1.82, 2.24) is 14.9 Å². The van der Waals surface area contributed by atoms with E-state index in [9.17, 15) is 4.79 Å². The second-order valence-electron chi connectivity index (χ2n) is 8.97. The van der Waals surface area contributed by atoms with Crippen molar-refractivity contribution in [3.05, 3.63) is 52.9 Å². The molecule has 3 heterocycles. The molecule has 160 valence electrons. The number of amides is 1. The third kappa shape index (κ3) is 3.96. The maximum atomic E-state index is 12.6. The standard InChI is InChI=1S/C24H24BrN3O2S/c1-24(2,3)30-23(29)28-10-4-5-19(28)22-26-13-18(27-22)14-6-8-16-17-9-7-15(25)12-21(17)31-20(16)11-14/h6-9,11-13,19H,4-5,10H2,1-3H3,(H,26,27)/t19-/m0/s1. The number of likely N-dealkylation sites (tertiary alicyclic amines) is 1. The van der Waals surface area contributed by atoms with Gasteiger partial charge in [0, 0.05) is 36.8 Å². The van der Waals surface area contributed by atoms with Gasteiger partial charge in [-0.1, -0.05) is 34.1 Å². The van der Waals surface area contributed by atoms with Gasteiger partial charge in [-0.05, 0) is 51.8 Å². The molecule has 0 radical (unpaired) electrons. The molecule has 1 fully saturated rings. The van der Waals surface area contributed by atoms with Crippen molar-refractivity contribution in [3.63, 3.8) is 0 Å². The fraction of sp³-hybridized carbons (Fsp3) is 0.333. The van der Waals surface area contributed by atoms with E-state index in [4.69, 9.17) is 4.74 Å². The second-order valence-corrected chi connectivity index (χ2v) is 11.0. The molecule has 0 bridgehead atoms. The third-order valence-corrected chi connectivity index (χ3v) is 7.15. The van der Waals surface area contributed by atoms with Gasteiger partial charge in [0.15, 0.2) is 0 Å². The number of thiophene rings is 1. The van der Waals surface area contributed by atoms with Crippen molar-refractivity contribution < 1.29 is 9.53 Å². The minimum absolute atomic E-state index is 0.0750. The number of benzene rings is 2. The first-order chi connectivity index (χ1) is 14.8. The molecule has 1 aliphatic heterocycles. The van der Waals surface area contributed by atoms with E-state index < -0.39 is 5.60 Å². The van der Waals surface area contributed by atoms with Crippen LogP contribution in [-0.4, -0.2) is 33.1 Å². The van der Waals surface area contributed by atoms with Crippen LogP contribution in [0.3, 0.4) is 0 Å². The molecule has 2 aromatic carbocycles. The fourth-order valence-electron chi connectivity index (χ4n) is 4.16. The quantitative estimate of drug-likeness (QED) is 0.316. The van der Waals surface area contributed by atoms with Gasteiger partial charge in [0.1, 0.15) is 11.4 Å². The summed E-state index contributed by atoms with van der Waals surface area (Å²) in [5.41, 5.74) is 1.55. The molecule has 7 heteroatoms. The second kappa shape index (κ2) is 7.64. The molecule has 5 rings (SSSR count). The number of hydrogen-bond donors (Lipinski definition) is 1. The summed E-state index contributed by atoms with van der Waals surface area (Å²) in [7, 11) is 0. The Morgan fingerprint density at radius 3 is 2.71 bits per heavy atom. The highest BCUT2D eigenvalue weighted by atomic mass is 79.9. The van der Waals surface area contributed by atoms with E-state index in [1.165, 1.54) is 20.2 Å². The molecule has 1 saturated heterocycles. The first kappa shape index (κ1) is 20.5. The lowest BCUT2D eigenvalue weighted by Crippen LogP contribution is -2.36. The number of aromatic nitrogens is 2. The van der Waals surface area contributed by atoms with Crippen LogP contribution in [0, 0.1) is 0 Å². The molecule has 0 unspecified atom stereocenters. The number of aromatic amines is 1. The number of imidazole rings is 1. The van der Waals surface area contributed by atoms with E-state index >= 15 is 0 Å². The Morgan fingerprint density at radius 2 is 1.94 bits per heavy atom. The van der Waals surface area contributed by atoms with Crippen LogP contribution in [0.5, 0.6) is 0 Å². The number of carbonyl (C=O) groups excluding carboxylic acids is 1. The first-order valence-corrected chi connectivity index (χ1v) is 12.1. The van der Waals surface area contributed by atoms with Gasteiger partial charge in [-0.25, -0.2) is 9.78 Å². The number of nitrogens with zero attached hydrogens (tertiary/aromatic N) is 2. The molecule has 4 aromatic rings. The maximum absolute atomic E-state index is 12.6. The van der Waals surface area contributed by atoms with Gasteiger partial charge in [-0.15, -0.1) is 11.3 Å². The normalized spacial score (nSPS) is 17.0. The van der Waals surface area contributed by atoms with Crippen LogP contribution in [0.1, 0.15) is 45.5 Å². The average Bonchev–Trinajstić information content (AvgIpc) is 3.42. The lowest BCUT2D eigenvalue weighted by atomic mass is 10.1. The minimum atomic E-state index is -0.506. The maximum Gasteiger partial charge on any atom is 0.410 e. The first-order valence-electron chi connectivity index (χ1n) is 10.5. The highest BCUT2D eigenvalue weighted by molar-refractivity contribution is 9.10. The molecule has 1 N–H and O–H groups in total. The number of H-pyrrole nitrogens is 1. The zero-order valence-electron chi connectivity index (χ0n) is 17.7. The highest BCUT2D eigenvalue weighted by Gasteiger charge is 2.34. The SMILES string of the molecule is CC(C)(C)OC(=O)N1CCC[C@H]1c1ncc(-c2ccc3c(c2)sc2cc(Br)ccc23)[nH]1. The number of rotatable bonds is 2. The van der Waals surface area contributed by atoms with E-state index in [1.54, 1.807) is 16.2 Å². The molecule has 31 heavy (non-hydrogen) atoms. The van der Waals surface area contributed by atoms with Crippen LogP contribution in [0.2, 0.25) is 0 Å². The van der Waals surface area contributed by atoms with Crippen molar-refractivity contribution in [2.45, 2.75) is 45.3 Å². The molecule has 0 aliphatic carbocycles. The number of ether oxygens (including phenoxy) is 1. The zero-order valence-corrected chi connectivity index (χ0v) is 20.1. The van der Waals surface area contributed by atoms with Gasteiger partial charge in [0.2, 0.25) is 0 Å². The molecule has 1 amide bonds. The summed E-state index contributed by atoms with van der Waals surface area (Å²) in [6, 6.07) is 12.9. The Hall–Kier alpha value is -2.38. The van der Waals surface area contributed by atoms with Gasteiger partial charge in [0.25, 0.3) is 0 Å². The summed E-state index contributed by atoms with van der Waals surface area (Å²) in [6.45, 7) is 6.37. The summed E-state index contributed by atoms with van der Waals surface area (Å²) in [5.74, 6) is 0.818. The lowest BCUT2D eigenvalue weighted by Gasteiger charge is -2.27. The number of halogens is 1. The fourth-order valence-corrected chi connectivity index (χ4v) is 5.86. The number of hydrogen-bond acceptors (Lipinski definition) is 4. The van der Waals surface area contributed by atoms with Crippen LogP contribution in [0.4, 0.5) is 4.79 Å². The molecular weight excluding hydrogens is 474 g/mol. The van der Waals surface area contributed by atoms with E-state index in [2.05, 4.69) is 62.3 Å². The topological polar surface area (TPSA) is 58.2 Å². The molecule has 1 aliphatic rings. The van der Waals surface area contributed by atoms with Crippen molar-refractivity contribution in [2.24, 2.45) is 0 Å². The lowest BCUT2D eigenvalue weighted by molar-refractivity contribution is 0.0219. The summed E-state index contributed by atoms with van der Waals surface area (Å²) in [6.07, 6.45) is 3.43. The smallest absolute Gasteiger partial charge is 0.410 e. The van der Waals surface area contributed by atoms with Gasteiger partial charge in [0.05, 0.1) is 17.9 Å². The summed E-state index contributed by atoms with van der Waals surface area (Å²) in [4.78, 5) is 22.5. The van der Waals surface area contributed by atoms with Crippen molar-refractivity contribution >= 4 is 53.5 Å². The van der Waals surface area contributed by atoms with Crippen molar-refractivity contribution in [3.8, 4) is 11.3 Å². The summed E-state index contributed by atoms with van der Waals surface area (Å²) >= 11 is 5.36. The third-order valence-electron chi connectivity index (χ3n) is 5.54. The number of fused-ring (bicyclic) bond motifs is 3. The molecule has 5 nitrogen and oxygen atoms in total. The molecule has 2 aromatic heterocycles. The monoisotopic (exact) mass is 497 g/mol. The van der Waals surface area contributed by atoms with Crippen LogP contribution in [0.15, 0.2) is 47.1 Å². The Bertz CT molecular complexity index is 1290. The Morgan fingerprint density at radius 1 is 1.19 bits per heavy atom. The molecule has 1 atom stereocenters. The average molecular weight is 498 g/mol. The van der Waals surface area contributed by atoms with Crippen LogP contribution in [0.25, 0.3) is 31.4 Å². The highest BCUT2D eigenvalue weighted by Crippen LogP contribution is 2.38. The predicted molar refractivity (Wildman–Crippen MR) is 130 cm³/mol. The zero-order chi connectivity index (χ0) is 21.8. The Kier molecular flexibility index (Phi) is 5.06. The van der Waals surface area contributed by atoms with E-state index in [1.807, 2.05) is 27.0 Å². The minimum Gasteiger partial charge on any atom is -0.444 e. The largest absolute Gasteiger partial charge is 0.444 e. The van der Waals surface area contributed by atoms with Crippen LogP contribution < -0.4 is 0 Å². The molecular formula is C24H24BrN3O2S. The van der Waals surface area contributed by atoms with E-state index in [0.29, 0.717) is 6.54 Å². The van der Waals surface area contributed by atoms with Gasteiger partial charge < -0.3 is 9.72 Å². The van der Waals surface area contributed by atoms with Crippen molar-refractivity contribution in [2.75, 3.05) is 6.54 Å². The van der Waals surface area contributed by atoms with Crippen LogP contribution >= 0.6 is 27.3 Å². The Labute approximate surface area is 193 Å². The van der Waals surface area contributed by atoms with E-state index in [-0.39, 0.29) is 12.1 Å². The van der Waals surface area contributed by atoms with Crippen molar-refractivity contribution in [1.29, 1.82) is 0 Å². The van der Waals surface area contributed by atoms with Gasteiger partial charge >= 0.3 is 6.09 Å². The van der Waals surface area contributed by atoms with Gasteiger partial charge in [-0.2, -0.15) is 0 Å². The number of nitrogens with one attached hydrogen (secondary N) is 1. The molecule has 0 saturated carbocycles. The summed E-state index contributed by atoms with van der Waals surface area (Å²) < 4.78 is 9.20. The Balaban J connectivity index is 1.44. The predicted octanol–water partition coefficient (Wildman–Crippen LogP) is 7.28.